The average Bonchev–Trinajstić information content (AvgIpc) is 2.72. The Kier molecular flexibility index (Phi) is 6.29. The number of amides is 2. The second kappa shape index (κ2) is 8.86. The van der Waals surface area contributed by atoms with Crippen LogP contribution in [0.25, 0.3) is 0 Å². The number of likely N-dealkylation sites (tertiary alicyclic amines) is 1. The molecule has 1 aliphatic heterocycles. The van der Waals surface area contributed by atoms with Crippen molar-refractivity contribution >= 4 is 23.4 Å². The van der Waals surface area contributed by atoms with E-state index in [4.69, 9.17) is 16.3 Å². The third-order valence-corrected chi connectivity index (χ3v) is 4.90. The van der Waals surface area contributed by atoms with E-state index >= 15 is 0 Å². The fourth-order valence-electron chi connectivity index (χ4n) is 3.12. The highest BCUT2D eigenvalue weighted by Gasteiger charge is 2.28. The number of pyridine rings is 1. The number of methoxy groups -OCH3 is 1. The van der Waals surface area contributed by atoms with Crippen LogP contribution < -0.4 is 10.1 Å². The van der Waals surface area contributed by atoms with Crippen LogP contribution in [0.3, 0.4) is 0 Å². The van der Waals surface area contributed by atoms with Gasteiger partial charge in [-0.3, -0.25) is 9.59 Å². The molecule has 1 saturated heterocycles. The van der Waals surface area contributed by atoms with Gasteiger partial charge in [0, 0.05) is 42.5 Å². The zero-order valence-corrected chi connectivity index (χ0v) is 15.9. The summed E-state index contributed by atoms with van der Waals surface area (Å²) in [5, 5.41) is 3.53. The molecule has 0 radical (unpaired) electrons. The van der Waals surface area contributed by atoms with E-state index in [1.807, 2.05) is 6.07 Å². The first-order valence-corrected chi connectivity index (χ1v) is 9.26. The minimum atomic E-state index is -0.207. The standard InChI is InChI=1S/C20H22ClN3O3/c1-27-18-9-4-14(11-22-18)12-23-19(25)16-3-2-10-24(13-16)20(26)15-5-7-17(21)8-6-15/h4-9,11,16H,2-3,10,12-13H2,1H3,(H,23,25). The molecule has 0 aliphatic carbocycles. The number of aromatic nitrogens is 1. The van der Waals surface area contributed by atoms with Gasteiger partial charge in [-0.25, -0.2) is 4.98 Å². The van der Waals surface area contributed by atoms with E-state index in [1.54, 1.807) is 48.5 Å². The molecular formula is C20H22ClN3O3. The van der Waals surface area contributed by atoms with Crippen molar-refractivity contribution in [2.75, 3.05) is 20.2 Å². The molecular weight excluding hydrogens is 366 g/mol. The van der Waals surface area contributed by atoms with E-state index in [9.17, 15) is 9.59 Å². The molecule has 7 heteroatoms. The van der Waals surface area contributed by atoms with E-state index in [0.29, 0.717) is 36.1 Å². The monoisotopic (exact) mass is 387 g/mol. The van der Waals surface area contributed by atoms with Crippen molar-refractivity contribution in [1.29, 1.82) is 0 Å². The van der Waals surface area contributed by atoms with Crippen molar-refractivity contribution in [2.45, 2.75) is 19.4 Å². The van der Waals surface area contributed by atoms with Crippen LogP contribution >= 0.6 is 11.6 Å². The number of benzene rings is 1. The highest BCUT2D eigenvalue weighted by molar-refractivity contribution is 6.30. The Labute approximate surface area is 163 Å². The minimum absolute atomic E-state index is 0.0422. The van der Waals surface area contributed by atoms with Gasteiger partial charge in [0.25, 0.3) is 5.91 Å². The van der Waals surface area contributed by atoms with Crippen LogP contribution in [0.1, 0.15) is 28.8 Å². The van der Waals surface area contributed by atoms with E-state index < -0.39 is 0 Å². The lowest BCUT2D eigenvalue weighted by atomic mass is 9.96. The molecule has 142 valence electrons. The maximum atomic E-state index is 12.6. The van der Waals surface area contributed by atoms with Gasteiger partial charge in [0.2, 0.25) is 11.8 Å². The lowest BCUT2D eigenvalue weighted by Gasteiger charge is -2.32. The van der Waals surface area contributed by atoms with Crippen molar-refractivity contribution in [3.63, 3.8) is 0 Å². The summed E-state index contributed by atoms with van der Waals surface area (Å²) in [5.74, 6) is 0.220. The number of carbonyl (C=O) groups excluding carboxylic acids is 2. The number of nitrogens with zero attached hydrogens (tertiary/aromatic N) is 2. The Morgan fingerprint density at radius 1 is 1.26 bits per heavy atom. The number of nitrogens with one attached hydrogen (secondary N) is 1. The Hall–Kier alpha value is -2.60. The number of piperidine rings is 1. The SMILES string of the molecule is COc1ccc(CNC(=O)C2CCCN(C(=O)c3ccc(Cl)cc3)C2)cn1. The van der Waals surface area contributed by atoms with Gasteiger partial charge in [0.15, 0.2) is 0 Å². The number of ether oxygens (including phenoxy) is 1. The Bertz CT molecular complexity index is 793. The largest absolute Gasteiger partial charge is 0.481 e. The molecule has 1 fully saturated rings. The second-order valence-corrected chi connectivity index (χ2v) is 6.96. The van der Waals surface area contributed by atoms with Gasteiger partial charge in [-0.05, 0) is 42.7 Å². The van der Waals surface area contributed by atoms with Crippen molar-refractivity contribution in [2.24, 2.45) is 5.92 Å². The third kappa shape index (κ3) is 4.98. The maximum Gasteiger partial charge on any atom is 0.253 e. The summed E-state index contributed by atoms with van der Waals surface area (Å²) in [6, 6.07) is 10.5. The summed E-state index contributed by atoms with van der Waals surface area (Å²) in [6.45, 7) is 1.49. The van der Waals surface area contributed by atoms with Gasteiger partial charge in [0.1, 0.15) is 0 Å². The van der Waals surface area contributed by atoms with Crippen LogP contribution in [-0.4, -0.2) is 41.9 Å². The molecule has 0 saturated carbocycles. The first kappa shape index (κ1) is 19.2. The highest BCUT2D eigenvalue weighted by Crippen LogP contribution is 2.20. The van der Waals surface area contributed by atoms with E-state index in [0.717, 1.165) is 18.4 Å². The predicted molar refractivity (Wildman–Crippen MR) is 103 cm³/mol. The molecule has 1 atom stereocenters. The smallest absolute Gasteiger partial charge is 0.253 e. The summed E-state index contributed by atoms with van der Waals surface area (Å²) >= 11 is 5.88. The lowest BCUT2D eigenvalue weighted by Crippen LogP contribution is -2.45. The average molecular weight is 388 g/mol. The van der Waals surface area contributed by atoms with Crippen molar-refractivity contribution in [1.82, 2.24) is 15.2 Å². The molecule has 0 spiro atoms. The molecule has 0 bridgehead atoms. The molecule has 2 amide bonds. The van der Waals surface area contributed by atoms with Gasteiger partial charge >= 0.3 is 0 Å². The van der Waals surface area contributed by atoms with Gasteiger partial charge in [-0.1, -0.05) is 17.7 Å². The minimum Gasteiger partial charge on any atom is -0.481 e. The van der Waals surface area contributed by atoms with Gasteiger partial charge in [0.05, 0.1) is 13.0 Å². The summed E-state index contributed by atoms with van der Waals surface area (Å²) in [7, 11) is 1.56. The number of halogens is 1. The first-order valence-electron chi connectivity index (χ1n) is 8.88. The normalized spacial score (nSPS) is 16.7. The molecule has 2 aromatic rings. The van der Waals surface area contributed by atoms with E-state index in [-0.39, 0.29) is 17.7 Å². The summed E-state index contributed by atoms with van der Waals surface area (Å²) in [4.78, 5) is 31.1. The van der Waals surface area contributed by atoms with Gasteiger partial charge in [-0.15, -0.1) is 0 Å². The maximum absolute atomic E-state index is 12.6. The molecule has 2 heterocycles. The summed E-state index contributed by atoms with van der Waals surface area (Å²) < 4.78 is 5.02. The van der Waals surface area contributed by atoms with Crippen LogP contribution in [0.2, 0.25) is 5.02 Å². The van der Waals surface area contributed by atoms with Gasteiger partial charge < -0.3 is 15.0 Å². The second-order valence-electron chi connectivity index (χ2n) is 6.52. The Morgan fingerprint density at radius 2 is 2.04 bits per heavy atom. The number of hydrogen-bond acceptors (Lipinski definition) is 4. The van der Waals surface area contributed by atoms with Crippen LogP contribution in [0.5, 0.6) is 5.88 Å². The molecule has 1 N–H and O–H groups in total. The van der Waals surface area contributed by atoms with E-state index in [1.165, 1.54) is 0 Å². The number of rotatable bonds is 5. The van der Waals surface area contributed by atoms with Crippen LogP contribution in [0.4, 0.5) is 0 Å². The lowest BCUT2D eigenvalue weighted by molar-refractivity contribution is -0.126. The molecule has 3 rings (SSSR count). The number of hydrogen-bond donors (Lipinski definition) is 1. The quantitative estimate of drug-likeness (QED) is 0.856. The molecule has 6 nitrogen and oxygen atoms in total. The molecule has 1 unspecified atom stereocenters. The topological polar surface area (TPSA) is 71.5 Å². The highest BCUT2D eigenvalue weighted by atomic mass is 35.5. The zero-order valence-electron chi connectivity index (χ0n) is 15.2. The molecule has 1 aromatic carbocycles. The predicted octanol–water partition coefficient (Wildman–Crippen LogP) is 2.91. The Balaban J connectivity index is 1.55. The summed E-state index contributed by atoms with van der Waals surface area (Å²) in [6.07, 6.45) is 3.26. The fourth-order valence-corrected chi connectivity index (χ4v) is 3.25. The van der Waals surface area contributed by atoms with Crippen molar-refractivity contribution in [3.8, 4) is 5.88 Å². The van der Waals surface area contributed by atoms with Crippen LogP contribution in [0.15, 0.2) is 42.6 Å². The fraction of sp³-hybridized carbons (Fsp3) is 0.350. The van der Waals surface area contributed by atoms with Gasteiger partial charge in [-0.2, -0.15) is 0 Å². The summed E-state index contributed by atoms with van der Waals surface area (Å²) in [5.41, 5.74) is 1.49. The molecule has 1 aliphatic rings. The zero-order chi connectivity index (χ0) is 19.2. The Morgan fingerprint density at radius 3 is 2.70 bits per heavy atom. The van der Waals surface area contributed by atoms with Crippen molar-refractivity contribution in [3.05, 3.63) is 58.7 Å². The molecule has 27 heavy (non-hydrogen) atoms. The third-order valence-electron chi connectivity index (χ3n) is 4.64. The first-order chi connectivity index (χ1) is 13.1. The number of carbonyl (C=O) groups is 2. The van der Waals surface area contributed by atoms with Crippen LogP contribution in [-0.2, 0) is 11.3 Å². The molecule has 1 aromatic heterocycles. The van der Waals surface area contributed by atoms with Crippen LogP contribution in [0, 0.1) is 5.92 Å². The van der Waals surface area contributed by atoms with Crippen molar-refractivity contribution < 1.29 is 14.3 Å². The van der Waals surface area contributed by atoms with E-state index in [2.05, 4.69) is 10.3 Å².